The van der Waals surface area contributed by atoms with Crippen molar-refractivity contribution in [2.24, 2.45) is 0 Å². The SMILES string of the molecule is C.C1CN(C2CCOCC2)CCN1.Nc1nc(Cl)nnc1Cl.Nc1nc(N2CCN(C3CCOCC3)CC2)nnc1Cl. The summed E-state index contributed by atoms with van der Waals surface area (Å²) in [6.07, 6.45) is 4.73. The van der Waals surface area contributed by atoms with E-state index in [1.165, 1.54) is 25.9 Å². The Bertz CT molecular complexity index is 1050. The lowest BCUT2D eigenvalue weighted by Crippen LogP contribution is -2.52. The quantitative estimate of drug-likeness (QED) is 0.440. The molecule has 14 nitrogen and oxygen atoms in total. The highest BCUT2D eigenvalue weighted by Crippen LogP contribution is 2.20. The summed E-state index contributed by atoms with van der Waals surface area (Å²) < 4.78 is 10.8. The average Bonchev–Trinajstić information content (AvgIpc) is 3.03. The normalized spacial score (nSPS) is 20.9. The van der Waals surface area contributed by atoms with Crippen molar-refractivity contribution in [2.75, 3.05) is 95.2 Å². The van der Waals surface area contributed by atoms with Crippen LogP contribution >= 0.6 is 34.8 Å². The summed E-state index contributed by atoms with van der Waals surface area (Å²) >= 11 is 16.4. The maximum absolute atomic E-state index is 5.74. The second-order valence-corrected chi connectivity index (χ2v) is 11.1. The van der Waals surface area contributed by atoms with Crippen LogP contribution in [0.25, 0.3) is 0 Å². The van der Waals surface area contributed by atoms with E-state index in [1.54, 1.807) is 0 Å². The molecule has 236 valence electrons. The largest absolute Gasteiger partial charge is 0.381 e. The van der Waals surface area contributed by atoms with Gasteiger partial charge >= 0.3 is 0 Å². The number of hydrogen-bond donors (Lipinski definition) is 3. The Balaban J connectivity index is 0.000000188. The van der Waals surface area contributed by atoms with Gasteiger partial charge in [-0.2, -0.15) is 9.97 Å². The lowest BCUT2D eigenvalue weighted by molar-refractivity contribution is 0.0299. The molecular formula is C25H43Cl3N12O2. The zero-order valence-electron chi connectivity index (χ0n) is 23.1. The minimum Gasteiger partial charge on any atom is -0.381 e. The molecule has 4 aliphatic rings. The molecule has 0 amide bonds. The third kappa shape index (κ3) is 10.7. The third-order valence-electron chi connectivity index (χ3n) is 7.47. The molecule has 2 aromatic rings. The van der Waals surface area contributed by atoms with E-state index in [0.717, 1.165) is 84.6 Å². The molecule has 42 heavy (non-hydrogen) atoms. The summed E-state index contributed by atoms with van der Waals surface area (Å²) in [6.45, 7) is 12.3. The molecular weight excluding hydrogens is 607 g/mol. The van der Waals surface area contributed by atoms with E-state index < -0.39 is 0 Å². The highest BCUT2D eigenvalue weighted by atomic mass is 35.5. The van der Waals surface area contributed by atoms with Crippen molar-refractivity contribution in [3.63, 3.8) is 0 Å². The zero-order valence-corrected chi connectivity index (χ0v) is 25.4. The molecule has 5 N–H and O–H groups in total. The Labute approximate surface area is 262 Å². The molecule has 2 aromatic heterocycles. The van der Waals surface area contributed by atoms with Crippen LogP contribution < -0.4 is 21.7 Å². The maximum Gasteiger partial charge on any atom is 0.247 e. The Kier molecular flexibility index (Phi) is 14.8. The first-order valence-corrected chi connectivity index (χ1v) is 15.1. The summed E-state index contributed by atoms with van der Waals surface area (Å²) in [5, 5.41) is 18.1. The van der Waals surface area contributed by atoms with Gasteiger partial charge in [-0.15, -0.1) is 20.4 Å². The average molecular weight is 650 g/mol. The molecule has 0 unspecified atom stereocenters. The van der Waals surface area contributed by atoms with E-state index in [0.29, 0.717) is 12.0 Å². The van der Waals surface area contributed by atoms with Crippen LogP contribution in [0.2, 0.25) is 15.6 Å². The van der Waals surface area contributed by atoms with Gasteiger partial charge < -0.3 is 31.2 Å². The molecule has 0 aromatic carbocycles. The van der Waals surface area contributed by atoms with E-state index in [9.17, 15) is 0 Å². The van der Waals surface area contributed by atoms with Gasteiger partial charge in [-0.1, -0.05) is 30.6 Å². The van der Waals surface area contributed by atoms with Crippen LogP contribution in [0, 0.1) is 0 Å². The molecule has 4 saturated heterocycles. The molecule has 4 aliphatic heterocycles. The molecule has 17 heteroatoms. The second kappa shape index (κ2) is 18.0. The maximum atomic E-state index is 5.74. The number of halogens is 3. The fourth-order valence-electron chi connectivity index (χ4n) is 5.19. The molecule has 0 aliphatic carbocycles. The number of rotatable bonds is 3. The summed E-state index contributed by atoms with van der Waals surface area (Å²) in [6, 6.07) is 1.46. The number of aromatic nitrogens is 6. The summed E-state index contributed by atoms with van der Waals surface area (Å²) in [5.74, 6) is 0.902. The first-order valence-electron chi connectivity index (χ1n) is 14.0. The molecule has 0 saturated carbocycles. The number of anilines is 3. The molecule has 4 fully saturated rings. The van der Waals surface area contributed by atoms with Crippen LogP contribution in [-0.2, 0) is 9.47 Å². The first kappa shape index (κ1) is 34.6. The lowest BCUT2D eigenvalue weighted by atomic mass is 10.1. The highest BCUT2D eigenvalue weighted by molar-refractivity contribution is 6.32. The number of nitrogens with zero attached hydrogens (tertiary/aromatic N) is 9. The highest BCUT2D eigenvalue weighted by Gasteiger charge is 2.27. The van der Waals surface area contributed by atoms with Crippen molar-refractivity contribution in [2.45, 2.75) is 45.2 Å². The van der Waals surface area contributed by atoms with Gasteiger partial charge in [-0.05, 0) is 37.3 Å². The predicted molar refractivity (Wildman–Crippen MR) is 166 cm³/mol. The van der Waals surface area contributed by atoms with Crippen molar-refractivity contribution in [3.8, 4) is 0 Å². The van der Waals surface area contributed by atoms with Gasteiger partial charge in [0.25, 0.3) is 0 Å². The van der Waals surface area contributed by atoms with Gasteiger partial charge in [0.2, 0.25) is 11.2 Å². The topological polar surface area (TPSA) is 170 Å². The zero-order chi connectivity index (χ0) is 29.0. The van der Waals surface area contributed by atoms with Gasteiger partial charge in [-0.3, -0.25) is 9.80 Å². The van der Waals surface area contributed by atoms with Gasteiger partial charge in [0.15, 0.2) is 21.9 Å². The van der Waals surface area contributed by atoms with Crippen molar-refractivity contribution in [1.29, 1.82) is 0 Å². The van der Waals surface area contributed by atoms with Crippen LogP contribution in [0.4, 0.5) is 17.6 Å². The molecule has 0 spiro atoms. The summed E-state index contributed by atoms with van der Waals surface area (Å²) in [7, 11) is 0. The van der Waals surface area contributed by atoms with E-state index in [1.807, 2.05) is 0 Å². The third-order valence-corrected chi connectivity index (χ3v) is 8.17. The van der Waals surface area contributed by atoms with E-state index >= 15 is 0 Å². The van der Waals surface area contributed by atoms with Gasteiger partial charge in [0, 0.05) is 90.9 Å². The number of nitrogens with one attached hydrogen (secondary N) is 1. The Morgan fingerprint density at radius 3 is 1.60 bits per heavy atom. The van der Waals surface area contributed by atoms with Crippen molar-refractivity contribution >= 4 is 52.4 Å². The van der Waals surface area contributed by atoms with Crippen LogP contribution in [-0.4, -0.2) is 131 Å². The molecule has 0 bridgehead atoms. The van der Waals surface area contributed by atoms with Crippen LogP contribution in [0.1, 0.15) is 33.1 Å². The first-order chi connectivity index (χ1) is 19.9. The Hall–Kier alpha value is -1.91. The number of nitrogen functional groups attached to an aromatic ring is 2. The predicted octanol–water partition coefficient (Wildman–Crippen LogP) is 1.88. The van der Waals surface area contributed by atoms with E-state index in [4.69, 9.17) is 55.7 Å². The minimum absolute atomic E-state index is 0. The Morgan fingerprint density at radius 1 is 0.643 bits per heavy atom. The van der Waals surface area contributed by atoms with Crippen LogP contribution in [0.3, 0.4) is 0 Å². The molecule has 6 heterocycles. The second-order valence-electron chi connectivity index (χ2n) is 10.0. The standard InChI is InChI=1S/C12H19ClN6O.C9H18N2O.C3H2Cl2N4.CH4/c13-10-11(14)15-12(17-16-10)19-5-3-18(4-6-19)9-1-7-20-8-2-9;1-7-12-8-2-9(1)11-5-3-10-4-6-11;4-1-2(6)7-3(5)9-8-1;/h9H,1-8H2,(H2,14,15,17);9-10H,1-8H2;(H2,6,7,9);1H4. The van der Waals surface area contributed by atoms with Gasteiger partial charge in [-0.25, -0.2) is 0 Å². The summed E-state index contributed by atoms with van der Waals surface area (Å²) in [4.78, 5) is 15.0. The molecule has 0 atom stereocenters. The number of hydrogen-bond acceptors (Lipinski definition) is 14. The minimum atomic E-state index is -0.00287. The lowest BCUT2D eigenvalue weighted by Gasteiger charge is -2.40. The Morgan fingerprint density at radius 2 is 1.12 bits per heavy atom. The van der Waals surface area contributed by atoms with E-state index in [-0.39, 0.29) is 34.7 Å². The molecule has 0 radical (unpaired) electrons. The van der Waals surface area contributed by atoms with Crippen LogP contribution in [0.5, 0.6) is 0 Å². The van der Waals surface area contributed by atoms with Gasteiger partial charge in [0.1, 0.15) is 0 Å². The van der Waals surface area contributed by atoms with E-state index in [2.05, 4.69) is 50.4 Å². The number of ether oxygens (including phenoxy) is 2. The number of piperazine rings is 2. The fraction of sp³-hybridized carbons (Fsp3) is 0.760. The van der Waals surface area contributed by atoms with Gasteiger partial charge in [0.05, 0.1) is 0 Å². The van der Waals surface area contributed by atoms with Crippen molar-refractivity contribution < 1.29 is 9.47 Å². The smallest absolute Gasteiger partial charge is 0.247 e. The van der Waals surface area contributed by atoms with Crippen molar-refractivity contribution in [1.82, 2.24) is 45.5 Å². The van der Waals surface area contributed by atoms with Crippen LogP contribution in [0.15, 0.2) is 0 Å². The molecule has 6 rings (SSSR count). The monoisotopic (exact) mass is 648 g/mol. The van der Waals surface area contributed by atoms with Crippen molar-refractivity contribution in [3.05, 3.63) is 15.6 Å². The fourth-order valence-corrected chi connectivity index (χ4v) is 5.48. The summed E-state index contributed by atoms with van der Waals surface area (Å²) in [5.41, 5.74) is 10.9. The number of nitrogens with two attached hydrogens (primary N) is 2.